The molecule has 1 aromatic carbocycles. The van der Waals surface area contributed by atoms with E-state index in [0.717, 1.165) is 83.8 Å². The Hall–Kier alpha value is -6.88. The van der Waals surface area contributed by atoms with Crippen molar-refractivity contribution >= 4 is 56.9 Å². The quantitative estimate of drug-likeness (QED) is 0.183. The van der Waals surface area contributed by atoms with Crippen molar-refractivity contribution in [3.63, 3.8) is 0 Å². The number of aromatic nitrogens is 5. The molecule has 14 nitrogen and oxygen atoms in total. The van der Waals surface area contributed by atoms with Crippen LogP contribution < -0.4 is 26.0 Å². The van der Waals surface area contributed by atoms with Gasteiger partial charge in [0.15, 0.2) is 5.82 Å². The van der Waals surface area contributed by atoms with E-state index in [4.69, 9.17) is 19.4 Å². The fourth-order valence-electron chi connectivity index (χ4n) is 7.61. The van der Waals surface area contributed by atoms with Crippen molar-refractivity contribution in [1.29, 1.82) is 0 Å². The normalized spacial score (nSPS) is 16.6. The number of nitrogens with zero attached hydrogens (tertiary/aromatic N) is 7. The van der Waals surface area contributed by atoms with Crippen LogP contribution in [0, 0.1) is 18.8 Å². The Kier molecular flexibility index (Phi) is 8.76. The molecule has 56 heavy (non-hydrogen) atoms. The van der Waals surface area contributed by atoms with Crippen LogP contribution in [0.3, 0.4) is 0 Å². The number of pyridine rings is 3. The molecule has 3 amide bonds. The highest BCUT2D eigenvalue weighted by molar-refractivity contribution is 6.03. The number of fused-ring (bicyclic) bond motifs is 3. The van der Waals surface area contributed by atoms with Crippen LogP contribution in [-0.2, 0) is 23.1 Å². The number of carbonyl (C=O) groups excluding carboxylic acids is 3. The van der Waals surface area contributed by atoms with Gasteiger partial charge in [-0.25, -0.2) is 15.0 Å². The summed E-state index contributed by atoms with van der Waals surface area (Å²) in [7, 11) is 1.81. The van der Waals surface area contributed by atoms with E-state index in [9.17, 15) is 19.2 Å². The Morgan fingerprint density at radius 1 is 0.982 bits per heavy atom. The lowest BCUT2D eigenvalue weighted by atomic mass is 9.90. The van der Waals surface area contributed by atoms with Crippen LogP contribution in [-0.4, -0.2) is 68.4 Å². The van der Waals surface area contributed by atoms with Crippen molar-refractivity contribution in [2.45, 2.75) is 44.9 Å². The average Bonchev–Trinajstić information content (AvgIpc) is 3.60. The molecule has 3 aliphatic rings. The molecule has 2 fully saturated rings. The number of rotatable bonds is 6. The molecule has 0 saturated carbocycles. The average molecular weight is 748 g/mol. The molecule has 0 aliphatic carbocycles. The van der Waals surface area contributed by atoms with Crippen molar-refractivity contribution in [1.82, 2.24) is 35.1 Å². The summed E-state index contributed by atoms with van der Waals surface area (Å²) >= 11 is 0. The first-order valence-corrected chi connectivity index (χ1v) is 18.7. The van der Waals surface area contributed by atoms with E-state index in [1.54, 1.807) is 35.2 Å². The Balaban J connectivity index is 0.894. The SMILES string of the molecule is Cc1cc2c(N3CCCc4nc(-c5ccc(C(=O)NCC#Cc6ccc7occ(C8CCC(=O)NC8=O)c7c6)nc5)ncc43)nc(N3CCC3)cc2n(C)c1=O. The van der Waals surface area contributed by atoms with Crippen molar-refractivity contribution in [2.24, 2.45) is 7.05 Å². The predicted octanol–water partition coefficient (Wildman–Crippen LogP) is 4.44. The van der Waals surface area contributed by atoms with Crippen molar-refractivity contribution < 1.29 is 18.8 Å². The van der Waals surface area contributed by atoms with Gasteiger partial charge in [0.1, 0.15) is 22.9 Å². The molecule has 3 aliphatic heterocycles. The van der Waals surface area contributed by atoms with Gasteiger partial charge in [0.25, 0.3) is 11.5 Å². The summed E-state index contributed by atoms with van der Waals surface area (Å²) < 4.78 is 7.37. The third kappa shape index (κ3) is 6.30. The van der Waals surface area contributed by atoms with Crippen LogP contribution in [0.5, 0.6) is 0 Å². The topological polar surface area (TPSA) is 168 Å². The number of hydrogen-bond acceptors (Lipinski definition) is 11. The first-order chi connectivity index (χ1) is 27.2. The molecule has 0 bridgehead atoms. The highest BCUT2D eigenvalue weighted by atomic mass is 16.3. The lowest BCUT2D eigenvalue weighted by molar-refractivity contribution is -0.134. The third-order valence-corrected chi connectivity index (χ3v) is 10.8. The Labute approximate surface area is 321 Å². The van der Waals surface area contributed by atoms with Crippen LogP contribution >= 0.6 is 0 Å². The smallest absolute Gasteiger partial charge is 0.270 e. The number of anilines is 3. The number of benzene rings is 1. The van der Waals surface area contributed by atoms with Crippen LogP contribution in [0.4, 0.5) is 17.3 Å². The zero-order valence-corrected chi connectivity index (χ0v) is 30.9. The highest BCUT2D eigenvalue weighted by Gasteiger charge is 2.31. The van der Waals surface area contributed by atoms with Gasteiger partial charge in [-0.05, 0) is 69.0 Å². The molecule has 280 valence electrons. The van der Waals surface area contributed by atoms with Gasteiger partial charge in [-0.1, -0.05) is 11.8 Å². The largest absolute Gasteiger partial charge is 0.464 e. The molecule has 1 atom stereocenters. The van der Waals surface area contributed by atoms with E-state index in [-0.39, 0.29) is 41.9 Å². The van der Waals surface area contributed by atoms with Gasteiger partial charge in [0.2, 0.25) is 11.8 Å². The van der Waals surface area contributed by atoms with Crippen molar-refractivity contribution in [3.05, 3.63) is 99.6 Å². The highest BCUT2D eigenvalue weighted by Crippen LogP contribution is 2.38. The molecule has 2 saturated heterocycles. The minimum atomic E-state index is -0.467. The van der Waals surface area contributed by atoms with E-state index in [0.29, 0.717) is 34.5 Å². The van der Waals surface area contributed by atoms with Crippen LogP contribution in [0.15, 0.2) is 70.3 Å². The summed E-state index contributed by atoms with van der Waals surface area (Å²) in [6.45, 7) is 4.54. The van der Waals surface area contributed by atoms with Crippen LogP contribution in [0.2, 0.25) is 0 Å². The predicted molar refractivity (Wildman–Crippen MR) is 210 cm³/mol. The summed E-state index contributed by atoms with van der Waals surface area (Å²) in [5, 5.41) is 6.86. The Morgan fingerprint density at radius 2 is 1.86 bits per heavy atom. The fraction of sp³-hybridized carbons (Fsp3) is 0.286. The van der Waals surface area contributed by atoms with Gasteiger partial charge in [0, 0.05) is 78.4 Å². The Morgan fingerprint density at radius 3 is 2.64 bits per heavy atom. The second-order valence-corrected chi connectivity index (χ2v) is 14.4. The number of amides is 3. The van der Waals surface area contributed by atoms with Gasteiger partial charge in [0.05, 0.1) is 41.8 Å². The molecular weight excluding hydrogens is 711 g/mol. The molecule has 1 unspecified atom stereocenters. The fourth-order valence-corrected chi connectivity index (χ4v) is 7.61. The molecule has 9 rings (SSSR count). The van der Waals surface area contributed by atoms with Gasteiger partial charge >= 0.3 is 0 Å². The zero-order valence-electron chi connectivity index (χ0n) is 30.9. The van der Waals surface area contributed by atoms with Crippen molar-refractivity contribution in [3.8, 4) is 23.2 Å². The van der Waals surface area contributed by atoms with Gasteiger partial charge < -0.3 is 24.1 Å². The van der Waals surface area contributed by atoms with Crippen molar-refractivity contribution in [2.75, 3.05) is 36.0 Å². The molecule has 2 N–H and O–H groups in total. The number of imide groups is 1. The lowest BCUT2D eigenvalue weighted by Gasteiger charge is -2.35. The second kappa shape index (κ2) is 14.1. The van der Waals surface area contributed by atoms with E-state index >= 15 is 0 Å². The lowest BCUT2D eigenvalue weighted by Crippen LogP contribution is -2.39. The zero-order chi connectivity index (χ0) is 38.5. The molecule has 0 spiro atoms. The van der Waals surface area contributed by atoms with Crippen LogP contribution in [0.25, 0.3) is 33.3 Å². The first-order valence-electron chi connectivity index (χ1n) is 18.7. The molecule has 5 aromatic heterocycles. The summed E-state index contributed by atoms with van der Waals surface area (Å²) in [6, 6.07) is 12.8. The minimum absolute atomic E-state index is 0.0218. The summed E-state index contributed by atoms with van der Waals surface area (Å²) in [6.07, 6.45) is 8.44. The number of furan rings is 1. The number of aryl methyl sites for hydroxylation is 3. The monoisotopic (exact) mass is 747 g/mol. The van der Waals surface area contributed by atoms with E-state index in [1.807, 2.05) is 44.4 Å². The maximum absolute atomic E-state index is 12.9. The molecular formula is C42H37N9O5. The van der Waals surface area contributed by atoms with E-state index in [1.165, 1.54) is 0 Å². The minimum Gasteiger partial charge on any atom is -0.464 e. The molecule has 0 radical (unpaired) electrons. The molecule has 8 heterocycles. The first kappa shape index (κ1) is 34.9. The Bertz CT molecular complexity index is 2720. The molecule has 14 heteroatoms. The third-order valence-electron chi connectivity index (χ3n) is 10.8. The number of carbonyl (C=O) groups is 3. The number of nitrogens with one attached hydrogen (secondary N) is 2. The van der Waals surface area contributed by atoms with Gasteiger partial charge in [-0.3, -0.25) is 29.5 Å². The maximum Gasteiger partial charge on any atom is 0.270 e. The second-order valence-electron chi connectivity index (χ2n) is 14.4. The van der Waals surface area contributed by atoms with E-state index in [2.05, 4.69) is 37.3 Å². The van der Waals surface area contributed by atoms with Gasteiger partial charge in [-0.15, -0.1) is 0 Å². The molecule has 6 aromatic rings. The standard InChI is InChI=1S/C42H37N9O5/c1-24-18-29-33(49(2)42(24)55)20-36(50-15-5-16-50)47-39(29)51-17-4-7-31-34(51)22-45-38(46-31)26-9-11-32(44-21-26)41(54)43-14-3-6-25-8-12-35-28(19-25)30(23-56-35)27-10-13-37(52)48-40(27)53/h8-9,11-12,18-23,27H,4-5,7,10,13-17H2,1-2H3,(H,43,54)(H,48,52,53). The summed E-state index contributed by atoms with van der Waals surface area (Å²) in [5.74, 6) is 6.76. The summed E-state index contributed by atoms with van der Waals surface area (Å²) in [4.78, 5) is 73.5. The summed E-state index contributed by atoms with van der Waals surface area (Å²) in [5.41, 5.74) is 6.22. The van der Waals surface area contributed by atoms with Gasteiger partial charge in [-0.2, -0.15) is 0 Å². The maximum atomic E-state index is 12.9. The van der Waals surface area contributed by atoms with E-state index < -0.39 is 5.92 Å². The number of piperidine rings is 1. The van der Waals surface area contributed by atoms with Crippen LogP contribution in [0.1, 0.15) is 64.5 Å². The number of hydrogen-bond donors (Lipinski definition) is 2.